The molecule has 0 fully saturated rings. The molecule has 0 aliphatic heterocycles. The lowest BCUT2D eigenvalue weighted by Crippen LogP contribution is -2.22. The molecule has 1 nitrogen and oxygen atoms in total. The summed E-state index contributed by atoms with van der Waals surface area (Å²) in [6.45, 7) is 2.93. The van der Waals surface area contributed by atoms with E-state index in [0.29, 0.717) is 10.0 Å². The second kappa shape index (κ2) is 6.76. The Kier molecular flexibility index (Phi) is 5.28. The van der Waals surface area contributed by atoms with E-state index in [-0.39, 0.29) is 6.04 Å². The van der Waals surface area contributed by atoms with Crippen molar-refractivity contribution in [3.63, 3.8) is 0 Å². The van der Waals surface area contributed by atoms with Crippen molar-refractivity contribution in [3.05, 3.63) is 68.1 Å². The van der Waals surface area contributed by atoms with Crippen LogP contribution in [-0.4, -0.2) is 6.54 Å². The van der Waals surface area contributed by atoms with Crippen LogP contribution in [0.25, 0.3) is 0 Å². The zero-order valence-corrected chi connectivity index (χ0v) is 13.6. The normalized spacial score (nSPS) is 12.4. The first-order valence-electron chi connectivity index (χ1n) is 6.06. The second-order valence-electron chi connectivity index (χ2n) is 4.18. The van der Waals surface area contributed by atoms with Crippen molar-refractivity contribution in [1.82, 2.24) is 5.32 Å². The Labute approximate surface area is 132 Å². The van der Waals surface area contributed by atoms with Gasteiger partial charge in [-0.25, -0.2) is 0 Å². The van der Waals surface area contributed by atoms with E-state index in [9.17, 15) is 0 Å². The fourth-order valence-corrected chi connectivity index (χ4v) is 3.07. The van der Waals surface area contributed by atoms with E-state index in [0.717, 1.165) is 22.1 Å². The van der Waals surface area contributed by atoms with Crippen LogP contribution >= 0.6 is 39.1 Å². The van der Waals surface area contributed by atoms with Crippen molar-refractivity contribution in [2.75, 3.05) is 6.54 Å². The number of rotatable bonds is 4. The van der Waals surface area contributed by atoms with Gasteiger partial charge < -0.3 is 5.32 Å². The molecule has 2 aromatic rings. The Morgan fingerprint density at radius 1 is 1.11 bits per heavy atom. The van der Waals surface area contributed by atoms with E-state index >= 15 is 0 Å². The molecule has 0 aliphatic rings. The maximum Gasteiger partial charge on any atom is 0.0602 e. The molecule has 0 saturated heterocycles. The predicted molar refractivity (Wildman–Crippen MR) is 86.1 cm³/mol. The smallest absolute Gasteiger partial charge is 0.0602 e. The fourth-order valence-electron chi connectivity index (χ4n) is 2.04. The SMILES string of the molecule is CCNC(c1ccc(Cl)cc1Cl)c1ccccc1Br. The highest BCUT2D eigenvalue weighted by Crippen LogP contribution is 2.33. The summed E-state index contributed by atoms with van der Waals surface area (Å²) in [4.78, 5) is 0. The zero-order chi connectivity index (χ0) is 13.8. The minimum absolute atomic E-state index is 0.0466. The van der Waals surface area contributed by atoms with Gasteiger partial charge in [-0.15, -0.1) is 0 Å². The molecule has 1 atom stereocenters. The molecular weight excluding hydrogens is 345 g/mol. The van der Waals surface area contributed by atoms with Crippen molar-refractivity contribution < 1.29 is 0 Å². The standard InChI is InChI=1S/C15H14BrCl2N/c1-2-19-15(11-5-3-4-6-13(11)16)12-8-7-10(17)9-14(12)18/h3-9,15,19H,2H2,1H3. The Hall–Kier alpha value is -0.540. The van der Waals surface area contributed by atoms with Crippen LogP contribution in [0.1, 0.15) is 24.1 Å². The third kappa shape index (κ3) is 3.51. The van der Waals surface area contributed by atoms with Gasteiger partial charge >= 0.3 is 0 Å². The van der Waals surface area contributed by atoms with Crippen molar-refractivity contribution in [3.8, 4) is 0 Å². The first-order valence-corrected chi connectivity index (χ1v) is 7.61. The minimum atomic E-state index is 0.0466. The molecule has 0 radical (unpaired) electrons. The number of benzene rings is 2. The van der Waals surface area contributed by atoms with Crippen LogP contribution in [0.3, 0.4) is 0 Å². The summed E-state index contributed by atoms with van der Waals surface area (Å²) in [7, 11) is 0. The molecule has 0 aromatic heterocycles. The van der Waals surface area contributed by atoms with Gasteiger partial charge in [0.1, 0.15) is 0 Å². The van der Waals surface area contributed by atoms with Crippen molar-refractivity contribution in [2.24, 2.45) is 0 Å². The lowest BCUT2D eigenvalue weighted by atomic mass is 9.98. The summed E-state index contributed by atoms with van der Waals surface area (Å²) in [6, 6.07) is 13.8. The molecule has 19 heavy (non-hydrogen) atoms. The highest BCUT2D eigenvalue weighted by atomic mass is 79.9. The lowest BCUT2D eigenvalue weighted by Gasteiger charge is -2.21. The summed E-state index contributed by atoms with van der Waals surface area (Å²) in [5, 5.41) is 4.78. The van der Waals surface area contributed by atoms with Crippen LogP contribution < -0.4 is 5.32 Å². The van der Waals surface area contributed by atoms with Crippen molar-refractivity contribution in [2.45, 2.75) is 13.0 Å². The molecule has 0 spiro atoms. The molecule has 2 rings (SSSR count). The number of hydrogen-bond donors (Lipinski definition) is 1. The van der Waals surface area contributed by atoms with Crippen LogP contribution in [0, 0.1) is 0 Å². The highest BCUT2D eigenvalue weighted by Gasteiger charge is 2.18. The van der Waals surface area contributed by atoms with E-state index in [1.165, 1.54) is 0 Å². The van der Waals surface area contributed by atoms with Crippen LogP contribution in [0.15, 0.2) is 46.9 Å². The highest BCUT2D eigenvalue weighted by molar-refractivity contribution is 9.10. The first kappa shape index (κ1) is 14.9. The molecule has 0 saturated carbocycles. The molecule has 0 heterocycles. The maximum atomic E-state index is 6.32. The Morgan fingerprint density at radius 2 is 1.84 bits per heavy atom. The molecule has 100 valence electrons. The zero-order valence-electron chi connectivity index (χ0n) is 10.5. The summed E-state index contributed by atoms with van der Waals surface area (Å²) in [5.41, 5.74) is 2.19. The molecule has 1 unspecified atom stereocenters. The van der Waals surface area contributed by atoms with Gasteiger partial charge in [-0.1, -0.05) is 70.3 Å². The molecular formula is C15H14BrCl2N. The maximum absolute atomic E-state index is 6.32. The summed E-state index contributed by atoms with van der Waals surface area (Å²) in [6.07, 6.45) is 0. The van der Waals surface area contributed by atoms with Crippen LogP contribution in [0.2, 0.25) is 10.0 Å². The average Bonchev–Trinajstić information content (AvgIpc) is 2.38. The molecule has 1 N–H and O–H groups in total. The van der Waals surface area contributed by atoms with Crippen LogP contribution in [0.5, 0.6) is 0 Å². The summed E-state index contributed by atoms with van der Waals surface area (Å²) < 4.78 is 1.06. The van der Waals surface area contributed by atoms with Gasteiger partial charge in [0.2, 0.25) is 0 Å². The monoisotopic (exact) mass is 357 g/mol. The van der Waals surface area contributed by atoms with Gasteiger partial charge in [-0.2, -0.15) is 0 Å². The van der Waals surface area contributed by atoms with Gasteiger partial charge in [-0.05, 0) is 35.9 Å². The largest absolute Gasteiger partial charge is 0.306 e. The van der Waals surface area contributed by atoms with E-state index in [1.807, 2.05) is 30.3 Å². The Bertz CT molecular complexity index is 572. The third-order valence-corrected chi connectivity index (χ3v) is 4.18. The average molecular weight is 359 g/mol. The number of halogens is 3. The van der Waals surface area contributed by atoms with E-state index in [2.05, 4.69) is 34.2 Å². The van der Waals surface area contributed by atoms with Gasteiger partial charge in [0, 0.05) is 14.5 Å². The fraction of sp³-hybridized carbons (Fsp3) is 0.200. The van der Waals surface area contributed by atoms with Gasteiger partial charge in [-0.3, -0.25) is 0 Å². The van der Waals surface area contributed by atoms with Crippen LogP contribution in [0.4, 0.5) is 0 Å². The molecule has 0 aliphatic carbocycles. The lowest BCUT2D eigenvalue weighted by molar-refractivity contribution is 0.629. The quantitative estimate of drug-likeness (QED) is 0.765. The Balaban J connectivity index is 2.48. The molecule has 0 bridgehead atoms. The summed E-state index contributed by atoms with van der Waals surface area (Å²) >= 11 is 15.9. The molecule has 0 amide bonds. The Morgan fingerprint density at radius 3 is 2.47 bits per heavy atom. The van der Waals surface area contributed by atoms with Crippen molar-refractivity contribution in [1.29, 1.82) is 0 Å². The topological polar surface area (TPSA) is 12.0 Å². The van der Waals surface area contributed by atoms with Crippen molar-refractivity contribution >= 4 is 39.1 Å². The number of hydrogen-bond acceptors (Lipinski definition) is 1. The first-order chi connectivity index (χ1) is 9.13. The molecule has 2 aromatic carbocycles. The van der Waals surface area contributed by atoms with Gasteiger partial charge in [0.25, 0.3) is 0 Å². The summed E-state index contributed by atoms with van der Waals surface area (Å²) in [5.74, 6) is 0. The number of nitrogens with one attached hydrogen (secondary N) is 1. The van der Waals surface area contributed by atoms with E-state index < -0.39 is 0 Å². The predicted octanol–water partition coefficient (Wildman–Crippen LogP) is 5.45. The van der Waals surface area contributed by atoms with Gasteiger partial charge in [0.05, 0.1) is 6.04 Å². The van der Waals surface area contributed by atoms with Crippen LogP contribution in [-0.2, 0) is 0 Å². The van der Waals surface area contributed by atoms with E-state index in [4.69, 9.17) is 23.2 Å². The van der Waals surface area contributed by atoms with Gasteiger partial charge in [0.15, 0.2) is 0 Å². The second-order valence-corrected chi connectivity index (χ2v) is 5.88. The van der Waals surface area contributed by atoms with E-state index in [1.54, 1.807) is 6.07 Å². The molecule has 4 heteroatoms. The third-order valence-electron chi connectivity index (χ3n) is 2.90. The minimum Gasteiger partial charge on any atom is -0.306 e.